The summed E-state index contributed by atoms with van der Waals surface area (Å²) < 4.78 is 4.90. The van der Waals surface area contributed by atoms with Crippen LogP contribution in [0.25, 0.3) is 0 Å². The van der Waals surface area contributed by atoms with Crippen LogP contribution >= 0.6 is 0 Å². The van der Waals surface area contributed by atoms with Crippen molar-refractivity contribution in [3.8, 4) is 0 Å². The van der Waals surface area contributed by atoms with Gasteiger partial charge in [0.15, 0.2) is 0 Å². The number of amides is 2. The lowest BCUT2D eigenvalue weighted by Gasteiger charge is -2.19. The monoisotopic (exact) mass is 270 g/mol. The summed E-state index contributed by atoms with van der Waals surface area (Å²) in [6.45, 7) is 0.692. The van der Waals surface area contributed by atoms with E-state index in [-0.39, 0.29) is 11.8 Å². The van der Waals surface area contributed by atoms with Gasteiger partial charge in [0.1, 0.15) is 6.26 Å². The van der Waals surface area contributed by atoms with E-state index in [9.17, 15) is 9.59 Å². The Morgan fingerprint density at radius 3 is 2.80 bits per heavy atom. The molecule has 0 aliphatic carbocycles. The van der Waals surface area contributed by atoms with Gasteiger partial charge in [0.2, 0.25) is 5.91 Å². The first-order valence-electron chi connectivity index (χ1n) is 6.48. The van der Waals surface area contributed by atoms with Crippen LogP contribution in [0, 0.1) is 0 Å². The van der Waals surface area contributed by atoms with Gasteiger partial charge >= 0.3 is 0 Å². The molecule has 2 aromatic rings. The van der Waals surface area contributed by atoms with E-state index in [0.29, 0.717) is 24.2 Å². The molecule has 5 heteroatoms. The smallest absolute Gasteiger partial charge is 0.258 e. The van der Waals surface area contributed by atoms with Gasteiger partial charge in [-0.25, -0.2) is 0 Å². The van der Waals surface area contributed by atoms with Crippen LogP contribution in [-0.2, 0) is 4.79 Å². The topological polar surface area (TPSA) is 62.6 Å². The summed E-state index contributed by atoms with van der Waals surface area (Å²) in [4.78, 5) is 25.6. The van der Waals surface area contributed by atoms with E-state index in [4.69, 9.17) is 4.42 Å². The molecule has 2 amide bonds. The molecule has 1 aromatic heterocycles. The van der Waals surface area contributed by atoms with Crippen LogP contribution < -0.4 is 10.2 Å². The maximum Gasteiger partial charge on any atom is 0.258 e. The number of nitrogens with zero attached hydrogens (tertiary/aromatic N) is 1. The van der Waals surface area contributed by atoms with Crippen molar-refractivity contribution in [3.05, 3.63) is 48.4 Å². The fourth-order valence-corrected chi connectivity index (χ4v) is 2.31. The summed E-state index contributed by atoms with van der Waals surface area (Å²) in [5, 5.41) is 2.82. The van der Waals surface area contributed by atoms with Crippen LogP contribution in [0.1, 0.15) is 23.2 Å². The highest BCUT2D eigenvalue weighted by molar-refractivity contribution is 6.07. The fraction of sp³-hybridized carbons (Fsp3) is 0.200. The molecule has 0 atom stereocenters. The molecule has 1 saturated heterocycles. The molecule has 0 saturated carbocycles. The highest BCUT2D eigenvalue weighted by Gasteiger charge is 2.24. The molecule has 1 aliphatic rings. The summed E-state index contributed by atoms with van der Waals surface area (Å²) >= 11 is 0. The Balaban J connectivity index is 1.86. The summed E-state index contributed by atoms with van der Waals surface area (Å²) in [5.74, 6) is -0.159. The minimum Gasteiger partial charge on any atom is -0.472 e. The zero-order valence-corrected chi connectivity index (χ0v) is 10.8. The van der Waals surface area contributed by atoms with Gasteiger partial charge < -0.3 is 14.6 Å². The average Bonchev–Trinajstić information content (AvgIpc) is 3.10. The van der Waals surface area contributed by atoms with Gasteiger partial charge in [-0.15, -0.1) is 0 Å². The minimum absolute atomic E-state index is 0.0926. The maximum atomic E-state index is 12.0. The Labute approximate surface area is 116 Å². The third-order valence-electron chi connectivity index (χ3n) is 3.30. The van der Waals surface area contributed by atoms with Crippen LogP contribution in [0.2, 0.25) is 0 Å². The number of benzene rings is 1. The lowest BCUT2D eigenvalue weighted by Crippen LogP contribution is -2.25. The Kier molecular flexibility index (Phi) is 3.25. The van der Waals surface area contributed by atoms with Gasteiger partial charge in [0.05, 0.1) is 23.2 Å². The molecule has 2 heterocycles. The van der Waals surface area contributed by atoms with Crippen LogP contribution in [-0.4, -0.2) is 18.4 Å². The van der Waals surface area contributed by atoms with E-state index in [1.54, 1.807) is 17.0 Å². The molecule has 3 rings (SSSR count). The van der Waals surface area contributed by atoms with Crippen molar-refractivity contribution in [2.24, 2.45) is 0 Å². The number of rotatable bonds is 3. The number of furan rings is 1. The van der Waals surface area contributed by atoms with Crippen LogP contribution in [0.15, 0.2) is 47.3 Å². The Hall–Kier alpha value is -2.56. The standard InChI is InChI=1S/C15H14N2O3/c18-14-6-3-8-17(14)13-5-2-1-4-12(13)16-15(19)11-7-9-20-10-11/h1-2,4-5,7,9-10H,3,6,8H2,(H,16,19). The van der Waals surface area contributed by atoms with Gasteiger partial charge in [-0.05, 0) is 24.6 Å². The minimum atomic E-state index is -0.252. The van der Waals surface area contributed by atoms with Gasteiger partial charge in [-0.3, -0.25) is 9.59 Å². The van der Waals surface area contributed by atoms with E-state index in [2.05, 4.69) is 5.32 Å². The summed E-state index contributed by atoms with van der Waals surface area (Å²) in [6, 6.07) is 8.91. The van der Waals surface area contributed by atoms with Crippen LogP contribution in [0.4, 0.5) is 11.4 Å². The fourth-order valence-electron chi connectivity index (χ4n) is 2.31. The second-order valence-electron chi connectivity index (χ2n) is 4.63. The second kappa shape index (κ2) is 5.21. The van der Waals surface area contributed by atoms with Crippen molar-refractivity contribution in [2.45, 2.75) is 12.8 Å². The SMILES string of the molecule is O=C(Nc1ccccc1N1CCCC1=O)c1ccoc1. The molecule has 1 fully saturated rings. The molecular weight excluding hydrogens is 256 g/mol. The van der Waals surface area contributed by atoms with E-state index >= 15 is 0 Å². The van der Waals surface area contributed by atoms with E-state index in [1.165, 1.54) is 12.5 Å². The van der Waals surface area contributed by atoms with Crippen molar-refractivity contribution >= 4 is 23.2 Å². The van der Waals surface area contributed by atoms with Crippen LogP contribution in [0.3, 0.4) is 0 Å². The maximum absolute atomic E-state index is 12.0. The van der Waals surface area contributed by atoms with Crippen molar-refractivity contribution in [3.63, 3.8) is 0 Å². The molecule has 1 aliphatic heterocycles. The van der Waals surface area contributed by atoms with Gasteiger partial charge in [0, 0.05) is 13.0 Å². The normalized spacial score (nSPS) is 14.6. The average molecular weight is 270 g/mol. The number of carbonyl (C=O) groups excluding carboxylic acids is 2. The molecule has 1 N–H and O–H groups in total. The Bertz CT molecular complexity index is 634. The third kappa shape index (κ3) is 2.30. The summed E-state index contributed by atoms with van der Waals surface area (Å²) in [5.41, 5.74) is 1.83. The summed E-state index contributed by atoms with van der Waals surface area (Å²) in [6.07, 6.45) is 4.25. The van der Waals surface area contributed by atoms with Gasteiger partial charge in [-0.2, -0.15) is 0 Å². The van der Waals surface area contributed by atoms with E-state index in [1.807, 2.05) is 18.2 Å². The largest absolute Gasteiger partial charge is 0.472 e. The number of anilines is 2. The first-order chi connectivity index (χ1) is 9.75. The van der Waals surface area contributed by atoms with E-state index in [0.717, 1.165) is 12.1 Å². The summed E-state index contributed by atoms with van der Waals surface area (Å²) in [7, 11) is 0. The molecule has 102 valence electrons. The van der Waals surface area contributed by atoms with Crippen molar-refractivity contribution in [2.75, 3.05) is 16.8 Å². The second-order valence-corrected chi connectivity index (χ2v) is 4.63. The molecule has 0 radical (unpaired) electrons. The Morgan fingerprint density at radius 1 is 1.25 bits per heavy atom. The predicted octanol–water partition coefficient (Wildman–Crippen LogP) is 2.66. The molecule has 20 heavy (non-hydrogen) atoms. The number of carbonyl (C=O) groups is 2. The lowest BCUT2D eigenvalue weighted by molar-refractivity contribution is -0.117. The number of para-hydroxylation sites is 2. The zero-order valence-electron chi connectivity index (χ0n) is 10.8. The molecule has 0 unspecified atom stereocenters. The highest BCUT2D eigenvalue weighted by Crippen LogP contribution is 2.29. The van der Waals surface area contributed by atoms with Gasteiger partial charge in [0.25, 0.3) is 5.91 Å². The number of hydrogen-bond acceptors (Lipinski definition) is 3. The van der Waals surface area contributed by atoms with Crippen molar-refractivity contribution in [1.82, 2.24) is 0 Å². The Morgan fingerprint density at radius 2 is 2.10 bits per heavy atom. The lowest BCUT2D eigenvalue weighted by atomic mass is 10.2. The quantitative estimate of drug-likeness (QED) is 0.932. The number of nitrogens with one attached hydrogen (secondary N) is 1. The first-order valence-corrected chi connectivity index (χ1v) is 6.48. The molecule has 0 spiro atoms. The molecule has 5 nitrogen and oxygen atoms in total. The molecule has 0 bridgehead atoms. The molecular formula is C15H14N2O3. The third-order valence-corrected chi connectivity index (χ3v) is 3.30. The predicted molar refractivity (Wildman–Crippen MR) is 74.7 cm³/mol. The van der Waals surface area contributed by atoms with Gasteiger partial charge in [-0.1, -0.05) is 12.1 Å². The molecule has 1 aromatic carbocycles. The van der Waals surface area contributed by atoms with Crippen LogP contribution in [0.5, 0.6) is 0 Å². The van der Waals surface area contributed by atoms with E-state index < -0.39 is 0 Å². The van der Waals surface area contributed by atoms with Crippen molar-refractivity contribution in [1.29, 1.82) is 0 Å². The first kappa shape index (κ1) is 12.5. The number of hydrogen-bond donors (Lipinski definition) is 1. The van der Waals surface area contributed by atoms with Crippen molar-refractivity contribution < 1.29 is 14.0 Å². The zero-order chi connectivity index (χ0) is 13.9. The highest BCUT2D eigenvalue weighted by atomic mass is 16.3.